The summed E-state index contributed by atoms with van der Waals surface area (Å²) in [5.74, 6) is 2.15. The van der Waals surface area contributed by atoms with Crippen molar-refractivity contribution in [2.75, 3.05) is 7.05 Å². The Hall–Kier alpha value is -1.97. The number of nitro groups is 1. The first-order valence-corrected chi connectivity index (χ1v) is 11.5. The standard InChI is InChI=1S/C12H20N2O.C10H12N2O3S/c1-14-10-8-2-7-3-9(10)6-12(4-7,5-8)11(13)15;1-10(2,7-13)11-16-9-6-4-3-5-8(9)12(14)15/h7-10,14H,2-6H2,1H3,(H2,13,15);3-7,11H,1-2H3. The van der Waals surface area contributed by atoms with Crippen LogP contribution in [0.5, 0.6) is 0 Å². The van der Waals surface area contributed by atoms with Gasteiger partial charge in [0.2, 0.25) is 5.91 Å². The molecule has 9 heteroatoms. The molecule has 0 aromatic heterocycles. The van der Waals surface area contributed by atoms with Gasteiger partial charge in [0.25, 0.3) is 5.69 Å². The van der Waals surface area contributed by atoms with Crippen molar-refractivity contribution in [1.29, 1.82) is 0 Å². The zero-order valence-electron chi connectivity index (χ0n) is 18.3. The molecule has 4 fully saturated rings. The molecule has 1 aromatic carbocycles. The highest BCUT2D eigenvalue weighted by molar-refractivity contribution is 7.97. The maximum Gasteiger partial charge on any atom is 0.284 e. The Labute approximate surface area is 187 Å². The monoisotopic (exact) mass is 448 g/mol. The van der Waals surface area contributed by atoms with Gasteiger partial charge in [-0.1, -0.05) is 12.1 Å². The summed E-state index contributed by atoms with van der Waals surface area (Å²) in [5, 5.41) is 14.2. The molecule has 0 spiro atoms. The highest BCUT2D eigenvalue weighted by atomic mass is 32.2. The van der Waals surface area contributed by atoms with E-state index in [-0.39, 0.29) is 17.0 Å². The third-order valence-electron chi connectivity index (χ3n) is 6.91. The van der Waals surface area contributed by atoms with E-state index in [1.807, 2.05) is 0 Å². The molecule has 8 nitrogen and oxygen atoms in total. The third kappa shape index (κ3) is 5.10. The van der Waals surface area contributed by atoms with Crippen molar-refractivity contribution in [3.8, 4) is 0 Å². The van der Waals surface area contributed by atoms with E-state index >= 15 is 0 Å². The van der Waals surface area contributed by atoms with Gasteiger partial charge < -0.3 is 15.8 Å². The van der Waals surface area contributed by atoms with Gasteiger partial charge in [-0.25, -0.2) is 4.72 Å². The average Bonchev–Trinajstić information content (AvgIpc) is 2.72. The molecule has 170 valence electrons. The molecule has 0 heterocycles. The number of hydrogen-bond acceptors (Lipinski definition) is 7. The number of primary amides is 1. The Kier molecular flexibility index (Phi) is 7.08. The maximum absolute atomic E-state index is 11.6. The van der Waals surface area contributed by atoms with E-state index in [2.05, 4.69) is 17.1 Å². The molecule has 2 unspecified atom stereocenters. The molecule has 4 saturated carbocycles. The van der Waals surface area contributed by atoms with E-state index in [9.17, 15) is 19.7 Å². The number of nitrogens with one attached hydrogen (secondary N) is 2. The number of hydrogen-bond donors (Lipinski definition) is 3. The van der Waals surface area contributed by atoms with Crippen LogP contribution < -0.4 is 15.8 Å². The predicted octanol–water partition coefficient (Wildman–Crippen LogP) is 3.06. The van der Waals surface area contributed by atoms with E-state index in [1.54, 1.807) is 32.0 Å². The molecule has 4 aliphatic carbocycles. The van der Waals surface area contributed by atoms with Crippen molar-refractivity contribution in [3.63, 3.8) is 0 Å². The van der Waals surface area contributed by atoms with Crippen molar-refractivity contribution in [3.05, 3.63) is 34.4 Å². The summed E-state index contributed by atoms with van der Waals surface area (Å²) < 4.78 is 2.86. The van der Waals surface area contributed by atoms with Crippen molar-refractivity contribution < 1.29 is 14.5 Å². The Bertz CT molecular complexity index is 831. The first-order chi connectivity index (χ1) is 14.6. The second-order valence-electron chi connectivity index (χ2n) is 9.70. The van der Waals surface area contributed by atoms with Gasteiger partial charge in [0.05, 0.1) is 10.5 Å². The highest BCUT2D eigenvalue weighted by Gasteiger charge is 2.57. The molecule has 31 heavy (non-hydrogen) atoms. The van der Waals surface area contributed by atoms with E-state index in [0.717, 1.165) is 43.4 Å². The molecule has 4 bridgehead atoms. The SMILES string of the molecule is CC(C)(C=O)NSc1ccccc1[N+](=O)[O-].CNC1C2CC3CC1CC(C(N)=O)(C3)C2. The van der Waals surface area contributed by atoms with Crippen LogP contribution in [0.15, 0.2) is 29.2 Å². The average molecular weight is 449 g/mol. The maximum atomic E-state index is 11.6. The number of aldehydes is 1. The van der Waals surface area contributed by atoms with Gasteiger partial charge >= 0.3 is 0 Å². The fourth-order valence-electron chi connectivity index (χ4n) is 5.70. The van der Waals surface area contributed by atoms with E-state index in [4.69, 9.17) is 5.73 Å². The molecule has 1 aromatic rings. The molecule has 5 rings (SSSR count). The number of benzene rings is 1. The van der Waals surface area contributed by atoms with E-state index in [1.165, 1.54) is 18.9 Å². The number of rotatable bonds is 7. The van der Waals surface area contributed by atoms with Crippen LogP contribution in [0.1, 0.15) is 46.0 Å². The normalized spacial score (nSPS) is 30.9. The minimum absolute atomic E-state index is 0.0294. The van der Waals surface area contributed by atoms with Crippen LogP contribution in [-0.4, -0.2) is 35.7 Å². The minimum Gasteiger partial charge on any atom is -0.369 e. The van der Waals surface area contributed by atoms with E-state index < -0.39 is 10.5 Å². The van der Waals surface area contributed by atoms with Gasteiger partial charge in [-0.15, -0.1) is 0 Å². The molecule has 4 aliphatic rings. The van der Waals surface area contributed by atoms with Gasteiger partial charge in [-0.2, -0.15) is 0 Å². The van der Waals surface area contributed by atoms with Crippen LogP contribution in [0, 0.1) is 33.3 Å². The van der Waals surface area contributed by atoms with Crippen LogP contribution in [0.4, 0.5) is 5.69 Å². The third-order valence-corrected chi connectivity index (χ3v) is 8.10. The predicted molar refractivity (Wildman–Crippen MR) is 120 cm³/mol. The van der Waals surface area contributed by atoms with Crippen molar-refractivity contribution in [2.45, 2.75) is 62.4 Å². The van der Waals surface area contributed by atoms with Gasteiger partial charge in [0, 0.05) is 17.5 Å². The lowest BCUT2D eigenvalue weighted by Crippen LogP contribution is -2.60. The molecule has 1 amide bonds. The summed E-state index contributed by atoms with van der Waals surface area (Å²) in [6.45, 7) is 3.39. The van der Waals surface area contributed by atoms with Gasteiger partial charge in [-0.05, 0) is 88.8 Å². The Morgan fingerprint density at radius 1 is 1.26 bits per heavy atom. The second kappa shape index (κ2) is 9.26. The van der Waals surface area contributed by atoms with E-state index in [0.29, 0.717) is 22.8 Å². The van der Waals surface area contributed by atoms with Crippen LogP contribution in [-0.2, 0) is 9.59 Å². The van der Waals surface area contributed by atoms with Crippen molar-refractivity contribution >= 4 is 29.8 Å². The van der Waals surface area contributed by atoms with Crippen LogP contribution >= 0.6 is 11.9 Å². The van der Waals surface area contributed by atoms with Gasteiger partial charge in [0.1, 0.15) is 11.2 Å². The van der Waals surface area contributed by atoms with Gasteiger partial charge in [-0.3, -0.25) is 14.9 Å². The molecular formula is C22H32N4O4S. The molecule has 0 saturated heterocycles. The van der Waals surface area contributed by atoms with Crippen LogP contribution in [0.25, 0.3) is 0 Å². The minimum atomic E-state index is -0.714. The number of nitrogens with two attached hydrogens (primary N) is 1. The highest BCUT2D eigenvalue weighted by Crippen LogP contribution is 2.59. The molecule has 0 aliphatic heterocycles. The topological polar surface area (TPSA) is 127 Å². The Morgan fingerprint density at radius 2 is 1.87 bits per heavy atom. The number of carbonyl (C=O) groups is 2. The zero-order chi connectivity index (χ0) is 22.8. The number of nitrogens with zero attached hydrogens (tertiary/aromatic N) is 1. The summed E-state index contributed by atoms with van der Waals surface area (Å²) in [6, 6.07) is 7.03. The molecule has 4 N–H and O–H groups in total. The smallest absolute Gasteiger partial charge is 0.284 e. The zero-order valence-corrected chi connectivity index (χ0v) is 19.1. The second-order valence-corrected chi connectivity index (χ2v) is 10.5. The molecule has 2 atom stereocenters. The molecular weight excluding hydrogens is 416 g/mol. The van der Waals surface area contributed by atoms with Crippen molar-refractivity contribution in [2.24, 2.45) is 28.9 Å². The fourth-order valence-corrected chi connectivity index (χ4v) is 6.52. The van der Waals surface area contributed by atoms with Crippen LogP contribution in [0.3, 0.4) is 0 Å². The van der Waals surface area contributed by atoms with Crippen LogP contribution in [0.2, 0.25) is 0 Å². The number of para-hydroxylation sites is 1. The Morgan fingerprint density at radius 3 is 2.39 bits per heavy atom. The largest absolute Gasteiger partial charge is 0.369 e. The summed E-state index contributed by atoms with van der Waals surface area (Å²) in [4.78, 5) is 33.1. The lowest BCUT2D eigenvalue weighted by Gasteiger charge is -2.58. The summed E-state index contributed by atoms with van der Waals surface area (Å²) in [6.07, 6.45) is 6.55. The summed E-state index contributed by atoms with van der Waals surface area (Å²) in [7, 11) is 2.06. The number of nitro benzene ring substituents is 1. The number of carbonyl (C=O) groups excluding carboxylic acids is 2. The number of amides is 1. The summed E-state index contributed by atoms with van der Waals surface area (Å²) in [5.41, 5.74) is 4.81. The first-order valence-electron chi connectivity index (χ1n) is 10.7. The summed E-state index contributed by atoms with van der Waals surface area (Å²) >= 11 is 1.08. The molecule has 0 radical (unpaired) electrons. The van der Waals surface area contributed by atoms with Crippen molar-refractivity contribution in [1.82, 2.24) is 10.0 Å². The quantitative estimate of drug-likeness (QED) is 0.253. The Balaban J connectivity index is 0.000000176. The lowest BCUT2D eigenvalue weighted by molar-refractivity contribution is -0.387. The van der Waals surface area contributed by atoms with Gasteiger partial charge in [0.15, 0.2) is 0 Å². The first kappa shape index (κ1) is 23.7. The lowest BCUT2D eigenvalue weighted by atomic mass is 9.47. The fraction of sp³-hybridized carbons (Fsp3) is 0.636.